The van der Waals surface area contributed by atoms with E-state index in [2.05, 4.69) is 58.0 Å². The second-order valence-electron chi connectivity index (χ2n) is 4.55. The molecule has 0 unspecified atom stereocenters. The minimum atomic E-state index is 1.01. The number of aryl methyl sites for hydroxylation is 1. The maximum absolute atomic E-state index is 4.57. The Hall–Kier alpha value is -2.42. The van der Waals surface area contributed by atoms with Crippen molar-refractivity contribution in [3.05, 3.63) is 54.9 Å². The summed E-state index contributed by atoms with van der Waals surface area (Å²) >= 11 is 0. The first-order valence-corrected chi connectivity index (χ1v) is 5.99. The summed E-state index contributed by atoms with van der Waals surface area (Å²) in [5.74, 6) is 0. The van der Waals surface area contributed by atoms with Crippen molar-refractivity contribution in [2.45, 2.75) is 0 Å². The first-order chi connectivity index (χ1) is 8.84. The minimum Gasteiger partial charge on any atom is -0.196 e. The van der Waals surface area contributed by atoms with Gasteiger partial charge in [-0.25, -0.2) is 0 Å². The number of nitrogens with zero attached hydrogens (tertiary/aromatic N) is 3. The van der Waals surface area contributed by atoms with Crippen LogP contribution in [-0.2, 0) is 7.05 Å². The second kappa shape index (κ2) is 3.29. The number of aromatic nitrogens is 3. The van der Waals surface area contributed by atoms with Crippen molar-refractivity contribution >= 4 is 27.3 Å². The molecular formula is C15H12N3+. The van der Waals surface area contributed by atoms with Crippen LogP contribution in [0.15, 0.2) is 54.9 Å². The van der Waals surface area contributed by atoms with Crippen molar-refractivity contribution in [3.8, 4) is 0 Å². The van der Waals surface area contributed by atoms with Gasteiger partial charge in [0.05, 0.1) is 12.4 Å². The Labute approximate surface area is 104 Å². The molecule has 0 bridgehead atoms. The topological polar surface area (TPSA) is 21.9 Å². The Morgan fingerprint density at radius 3 is 2.39 bits per heavy atom. The van der Waals surface area contributed by atoms with Crippen LogP contribution in [0.2, 0.25) is 0 Å². The molecule has 3 nitrogen and oxygen atoms in total. The van der Waals surface area contributed by atoms with Crippen molar-refractivity contribution in [2.24, 2.45) is 7.05 Å². The number of hydrogen-bond donors (Lipinski definition) is 0. The highest BCUT2D eigenvalue weighted by Crippen LogP contribution is 2.24. The lowest BCUT2D eigenvalue weighted by Gasteiger charge is -2.02. The lowest BCUT2D eigenvalue weighted by atomic mass is 10.1. The zero-order chi connectivity index (χ0) is 12.1. The molecule has 0 saturated carbocycles. The number of hydrogen-bond acceptors (Lipinski definition) is 1. The van der Waals surface area contributed by atoms with Crippen LogP contribution in [0.1, 0.15) is 0 Å². The molecule has 0 aliphatic rings. The quantitative estimate of drug-likeness (QED) is 0.338. The zero-order valence-electron chi connectivity index (χ0n) is 10.0. The molecule has 0 aliphatic heterocycles. The molecule has 18 heavy (non-hydrogen) atoms. The molecule has 0 saturated heterocycles. The molecule has 2 aromatic heterocycles. The van der Waals surface area contributed by atoms with Crippen LogP contribution in [-0.4, -0.2) is 9.78 Å². The van der Waals surface area contributed by atoms with Gasteiger partial charge in [-0.2, -0.15) is 4.40 Å². The maximum Gasteiger partial charge on any atom is 0.314 e. The van der Waals surface area contributed by atoms with Gasteiger partial charge in [0.1, 0.15) is 5.52 Å². The Bertz CT molecular complexity index is 817. The fraction of sp³-hybridized carbons (Fsp3) is 0.0667. The fourth-order valence-electron chi connectivity index (χ4n) is 2.63. The van der Waals surface area contributed by atoms with Gasteiger partial charge in [0.2, 0.25) is 6.33 Å². The summed E-state index contributed by atoms with van der Waals surface area (Å²) in [5.41, 5.74) is 2.20. The van der Waals surface area contributed by atoms with Crippen LogP contribution < -0.4 is 4.40 Å². The van der Waals surface area contributed by atoms with Gasteiger partial charge in [0.15, 0.2) is 0 Å². The molecule has 0 amide bonds. The number of rotatable bonds is 0. The summed E-state index contributed by atoms with van der Waals surface area (Å²) in [5, 5.41) is 8.28. The molecule has 0 spiro atoms. The van der Waals surface area contributed by atoms with E-state index in [9.17, 15) is 0 Å². The molecule has 86 valence electrons. The van der Waals surface area contributed by atoms with Crippen LogP contribution >= 0.6 is 0 Å². The van der Waals surface area contributed by atoms with E-state index in [-0.39, 0.29) is 0 Å². The van der Waals surface area contributed by atoms with Gasteiger partial charge in [-0.15, -0.1) is 4.68 Å². The smallest absolute Gasteiger partial charge is 0.196 e. The Morgan fingerprint density at radius 1 is 0.889 bits per heavy atom. The molecule has 0 radical (unpaired) electrons. The number of pyridine rings is 1. The van der Waals surface area contributed by atoms with Crippen molar-refractivity contribution in [3.63, 3.8) is 0 Å². The number of para-hydroxylation sites is 1. The summed E-state index contributed by atoms with van der Waals surface area (Å²) in [6, 6.07) is 16.9. The number of benzene rings is 2. The summed E-state index contributed by atoms with van der Waals surface area (Å²) in [4.78, 5) is 0. The predicted octanol–water partition coefficient (Wildman–Crippen LogP) is 2.47. The van der Waals surface area contributed by atoms with Crippen LogP contribution in [0.4, 0.5) is 0 Å². The molecule has 3 heteroatoms. The third-order valence-electron chi connectivity index (χ3n) is 3.38. The van der Waals surface area contributed by atoms with Crippen molar-refractivity contribution in [1.29, 1.82) is 0 Å². The number of fused-ring (bicyclic) bond motifs is 6. The van der Waals surface area contributed by atoms with Crippen LogP contribution in [0.3, 0.4) is 0 Å². The highest BCUT2D eigenvalue weighted by molar-refractivity contribution is 6.08. The second-order valence-corrected chi connectivity index (χ2v) is 4.55. The fourth-order valence-corrected chi connectivity index (χ4v) is 2.63. The first kappa shape index (κ1) is 9.59. The largest absolute Gasteiger partial charge is 0.314 e. The summed E-state index contributed by atoms with van der Waals surface area (Å²) < 4.78 is 4.01. The molecule has 2 heterocycles. The lowest BCUT2D eigenvalue weighted by molar-refractivity contribution is -0.481. The Kier molecular flexibility index (Phi) is 1.75. The average molecular weight is 234 g/mol. The normalized spacial score (nSPS) is 11.6. The third-order valence-corrected chi connectivity index (χ3v) is 3.38. The molecule has 0 N–H and O–H groups in total. The molecule has 2 aromatic carbocycles. The zero-order valence-corrected chi connectivity index (χ0v) is 10.0. The summed E-state index contributed by atoms with van der Waals surface area (Å²) in [6.07, 6.45) is 2.02. The molecule has 0 aliphatic carbocycles. The van der Waals surface area contributed by atoms with E-state index in [1.807, 2.05) is 18.1 Å². The Balaban J connectivity index is 2.45. The van der Waals surface area contributed by atoms with Crippen molar-refractivity contribution in [1.82, 2.24) is 9.78 Å². The monoisotopic (exact) mass is 234 g/mol. The van der Waals surface area contributed by atoms with Gasteiger partial charge in [-0.05, 0) is 17.5 Å². The molecule has 0 fully saturated rings. The van der Waals surface area contributed by atoms with Crippen LogP contribution in [0.25, 0.3) is 27.3 Å². The van der Waals surface area contributed by atoms with Gasteiger partial charge >= 0.3 is 5.65 Å². The van der Waals surface area contributed by atoms with E-state index >= 15 is 0 Å². The molecule has 4 aromatic rings. The maximum atomic E-state index is 4.57. The van der Waals surface area contributed by atoms with Crippen LogP contribution in [0.5, 0.6) is 0 Å². The van der Waals surface area contributed by atoms with Gasteiger partial charge in [-0.3, -0.25) is 0 Å². The average Bonchev–Trinajstić information content (AvgIpc) is 2.81. The van der Waals surface area contributed by atoms with E-state index in [1.165, 1.54) is 21.7 Å². The van der Waals surface area contributed by atoms with Crippen molar-refractivity contribution < 1.29 is 4.40 Å². The minimum absolute atomic E-state index is 1.01. The van der Waals surface area contributed by atoms with Gasteiger partial charge in [-0.1, -0.05) is 36.4 Å². The highest BCUT2D eigenvalue weighted by atomic mass is 15.3. The first-order valence-electron chi connectivity index (χ1n) is 5.99. The van der Waals surface area contributed by atoms with E-state index in [0.717, 1.165) is 5.65 Å². The van der Waals surface area contributed by atoms with Gasteiger partial charge in [0, 0.05) is 10.5 Å². The van der Waals surface area contributed by atoms with Crippen LogP contribution in [0, 0.1) is 0 Å². The highest BCUT2D eigenvalue weighted by Gasteiger charge is 2.15. The van der Waals surface area contributed by atoms with Crippen molar-refractivity contribution in [2.75, 3.05) is 0 Å². The van der Waals surface area contributed by atoms with E-state index < -0.39 is 0 Å². The third kappa shape index (κ3) is 1.13. The van der Waals surface area contributed by atoms with E-state index in [0.29, 0.717) is 0 Å². The molecular weight excluding hydrogens is 222 g/mol. The van der Waals surface area contributed by atoms with Gasteiger partial charge < -0.3 is 0 Å². The Morgan fingerprint density at radius 2 is 1.56 bits per heavy atom. The van der Waals surface area contributed by atoms with E-state index in [1.54, 1.807) is 0 Å². The van der Waals surface area contributed by atoms with Gasteiger partial charge in [0.25, 0.3) is 0 Å². The lowest BCUT2D eigenvalue weighted by Crippen LogP contribution is -2.20. The predicted molar refractivity (Wildman–Crippen MR) is 71.4 cm³/mol. The van der Waals surface area contributed by atoms with E-state index in [4.69, 9.17) is 0 Å². The molecule has 0 atom stereocenters. The summed E-state index contributed by atoms with van der Waals surface area (Å²) in [7, 11) is 1.95. The summed E-state index contributed by atoms with van der Waals surface area (Å²) in [6.45, 7) is 0. The molecule has 4 rings (SSSR count). The standard InChI is InChI=1S/C15H12N3/c1-17-10-18-14-9-5-4-7-12(14)11-6-2-3-8-13(11)15(18)16-17/h2-10H,1H3/q+1. The SMILES string of the molecule is Cn1c[n+]2c3ccccc3c3ccccc3c2n1.